The Hall–Kier alpha value is -3.68. The van der Waals surface area contributed by atoms with Crippen LogP contribution in [0.4, 0.5) is 26.3 Å². The molecule has 0 bridgehead atoms. The van der Waals surface area contributed by atoms with Crippen LogP contribution in [0.3, 0.4) is 0 Å². The van der Waals surface area contributed by atoms with Crippen molar-refractivity contribution >= 4 is 11.9 Å². The molecule has 0 atom stereocenters. The van der Waals surface area contributed by atoms with E-state index in [1.54, 1.807) is 0 Å². The van der Waals surface area contributed by atoms with Crippen LogP contribution in [0.1, 0.15) is 11.1 Å². The lowest BCUT2D eigenvalue weighted by Crippen LogP contribution is -2.11. The number of rotatable bonds is 5. The molecule has 0 aliphatic carbocycles. The second-order valence-electron chi connectivity index (χ2n) is 5.40. The highest BCUT2D eigenvalue weighted by atomic mass is 19.4. The van der Waals surface area contributed by atoms with E-state index in [2.05, 4.69) is 28.2 Å². The van der Waals surface area contributed by atoms with Crippen LogP contribution in [0.2, 0.25) is 0 Å². The minimum atomic E-state index is -4.99. The van der Waals surface area contributed by atoms with Crippen LogP contribution in [0.15, 0.2) is 60.5 Å². The first-order chi connectivity index (χ1) is 13.5. The van der Waals surface area contributed by atoms with Gasteiger partial charge in [0.25, 0.3) is 0 Å². The van der Waals surface area contributed by atoms with E-state index in [0.29, 0.717) is 12.1 Å². The van der Waals surface area contributed by atoms with E-state index in [1.807, 2.05) is 6.07 Å². The summed E-state index contributed by atoms with van der Waals surface area (Å²) in [6.07, 6.45) is -5.40. The maximum Gasteiger partial charge on any atom is 0.416 e. The Balaban J connectivity index is 2.56. The van der Waals surface area contributed by atoms with Gasteiger partial charge in [-0.15, -0.1) is 5.10 Å². The summed E-state index contributed by atoms with van der Waals surface area (Å²) in [4.78, 5) is 7.54. The van der Waals surface area contributed by atoms with Crippen molar-refractivity contribution in [2.45, 2.75) is 12.4 Å². The van der Waals surface area contributed by atoms with E-state index in [4.69, 9.17) is 0 Å². The van der Waals surface area contributed by atoms with Crippen LogP contribution in [0.25, 0.3) is 17.6 Å². The third-order valence-electron chi connectivity index (χ3n) is 3.44. The average molecular weight is 411 g/mol. The van der Waals surface area contributed by atoms with E-state index in [1.165, 1.54) is 6.08 Å². The molecule has 0 amide bonds. The number of hydrogen-bond donors (Lipinski definition) is 0. The monoisotopic (exact) mass is 411 g/mol. The van der Waals surface area contributed by atoms with Gasteiger partial charge in [-0.05, 0) is 24.3 Å². The van der Waals surface area contributed by atoms with E-state index in [0.717, 1.165) is 23.4 Å². The first-order valence-electron chi connectivity index (χ1n) is 7.64. The first-order valence-corrected chi connectivity index (χ1v) is 7.64. The quantitative estimate of drug-likeness (QED) is 0.390. The largest absolute Gasteiger partial charge is 0.416 e. The lowest BCUT2D eigenvalue weighted by molar-refractivity contribution is -0.143. The van der Waals surface area contributed by atoms with Crippen molar-refractivity contribution in [3.8, 4) is 17.5 Å². The van der Waals surface area contributed by atoms with Crippen molar-refractivity contribution in [1.82, 2.24) is 14.8 Å². The molecule has 29 heavy (non-hydrogen) atoms. The molecule has 0 N–H and O–H groups in total. The van der Waals surface area contributed by atoms with Gasteiger partial charge in [0.1, 0.15) is 12.4 Å². The zero-order chi connectivity index (χ0) is 21.8. The predicted octanol–water partition coefficient (Wildman–Crippen LogP) is 5.12. The number of nitrogens with zero attached hydrogens (tertiary/aromatic N) is 5. The minimum absolute atomic E-state index is 0.0102. The lowest BCUT2D eigenvalue weighted by Gasteiger charge is -2.13. The van der Waals surface area contributed by atoms with Crippen molar-refractivity contribution in [2.24, 2.45) is 4.99 Å². The molecule has 5 nitrogen and oxygen atoms in total. The molecule has 1 heterocycles. The molecule has 2 rings (SSSR count). The predicted molar refractivity (Wildman–Crippen MR) is 93.2 cm³/mol. The molecule has 0 spiro atoms. The Morgan fingerprint density at radius 3 is 2.10 bits per heavy atom. The van der Waals surface area contributed by atoms with Gasteiger partial charge < -0.3 is 0 Å². The van der Waals surface area contributed by atoms with Gasteiger partial charge in [0, 0.05) is 11.8 Å². The van der Waals surface area contributed by atoms with Gasteiger partial charge in [0.05, 0.1) is 28.6 Å². The summed E-state index contributed by atoms with van der Waals surface area (Å²) in [6, 6.07) is 2.85. The van der Waals surface area contributed by atoms with Crippen LogP contribution < -0.4 is 0 Å². The first kappa shape index (κ1) is 21.6. The topological polar surface area (TPSA) is 66.9 Å². The summed E-state index contributed by atoms with van der Waals surface area (Å²) >= 11 is 0. The number of hydrogen-bond acceptors (Lipinski definition) is 4. The number of aliphatic imine (C=N–C) groups is 1. The molecule has 1 aromatic carbocycles. The number of alkyl halides is 6. The lowest BCUT2D eigenvalue weighted by atomic mass is 10.0. The van der Waals surface area contributed by atoms with Crippen molar-refractivity contribution in [3.05, 3.63) is 66.7 Å². The summed E-state index contributed by atoms with van der Waals surface area (Å²) in [5, 5.41) is 13.0. The van der Waals surface area contributed by atoms with Gasteiger partial charge in [-0.3, -0.25) is 4.99 Å². The van der Waals surface area contributed by atoms with Gasteiger partial charge >= 0.3 is 12.4 Å². The highest BCUT2D eigenvalue weighted by molar-refractivity contribution is 6.13. The van der Waals surface area contributed by atoms with Gasteiger partial charge in [-0.2, -0.15) is 31.6 Å². The molecule has 0 fully saturated rings. The molecule has 11 heteroatoms. The normalized spacial score (nSPS) is 13.1. The maximum absolute atomic E-state index is 13.0. The fourth-order valence-corrected chi connectivity index (χ4v) is 2.17. The molecule has 0 aliphatic heterocycles. The van der Waals surface area contributed by atoms with Crippen LogP contribution in [-0.4, -0.2) is 20.5 Å². The van der Waals surface area contributed by atoms with Crippen LogP contribution in [-0.2, 0) is 12.4 Å². The molecular weight excluding hydrogens is 400 g/mol. The second kappa shape index (κ2) is 8.14. The molecule has 0 radical (unpaired) electrons. The van der Waals surface area contributed by atoms with Crippen molar-refractivity contribution < 1.29 is 26.3 Å². The summed E-state index contributed by atoms with van der Waals surface area (Å²) in [5.74, 6) is -0.393. The Morgan fingerprint density at radius 1 is 1.07 bits per heavy atom. The molecule has 0 saturated carbocycles. The number of aromatic nitrogens is 3. The summed E-state index contributed by atoms with van der Waals surface area (Å²) in [5.41, 5.74) is -3.35. The third kappa shape index (κ3) is 5.19. The Labute approximate surface area is 160 Å². The SMILES string of the molecule is C=C/N=C(C=C)/C(C#N)=C/n1cnc(-c2cc(C(F)(F)F)cc(C(F)(F)F)c2)n1. The van der Waals surface area contributed by atoms with Crippen LogP contribution in [0.5, 0.6) is 0 Å². The van der Waals surface area contributed by atoms with E-state index < -0.39 is 34.9 Å². The highest BCUT2D eigenvalue weighted by Crippen LogP contribution is 2.38. The van der Waals surface area contributed by atoms with Crippen molar-refractivity contribution in [1.29, 1.82) is 5.26 Å². The van der Waals surface area contributed by atoms with Crippen LogP contribution >= 0.6 is 0 Å². The molecule has 150 valence electrons. The number of halogens is 6. The Morgan fingerprint density at radius 2 is 1.66 bits per heavy atom. The average Bonchev–Trinajstić information content (AvgIpc) is 3.11. The highest BCUT2D eigenvalue weighted by Gasteiger charge is 2.37. The van der Waals surface area contributed by atoms with E-state index in [-0.39, 0.29) is 17.4 Å². The van der Waals surface area contributed by atoms with Gasteiger partial charge in [0.2, 0.25) is 0 Å². The maximum atomic E-state index is 13.0. The van der Waals surface area contributed by atoms with Crippen molar-refractivity contribution in [3.63, 3.8) is 0 Å². The minimum Gasteiger partial charge on any atom is -0.256 e. The number of benzene rings is 1. The summed E-state index contributed by atoms with van der Waals surface area (Å²) in [7, 11) is 0. The number of nitriles is 1. The molecule has 0 saturated heterocycles. The number of allylic oxidation sites excluding steroid dienone is 2. The summed E-state index contributed by atoms with van der Waals surface area (Å²) in [6.45, 7) is 6.86. The smallest absolute Gasteiger partial charge is 0.256 e. The van der Waals surface area contributed by atoms with Gasteiger partial charge in [-0.25, -0.2) is 9.67 Å². The van der Waals surface area contributed by atoms with E-state index >= 15 is 0 Å². The Bertz CT molecular complexity index is 1000. The molecular formula is C18H11F6N5. The molecule has 0 aliphatic rings. The summed E-state index contributed by atoms with van der Waals surface area (Å²) < 4.78 is 78.9. The van der Waals surface area contributed by atoms with Gasteiger partial charge in [0.15, 0.2) is 5.82 Å². The third-order valence-corrected chi connectivity index (χ3v) is 3.44. The van der Waals surface area contributed by atoms with Gasteiger partial charge in [-0.1, -0.05) is 13.2 Å². The molecule has 2 aromatic rings. The van der Waals surface area contributed by atoms with Crippen LogP contribution in [0, 0.1) is 11.3 Å². The standard InChI is InChI=1S/C18H11F6N5/c1-3-15(26-4-2)12(8-25)9-29-10-27-16(28-29)11-5-13(17(19,20)21)7-14(6-11)18(22,23)24/h3-7,9-10H,1-2H2/b12-9+,26-15+. The fourth-order valence-electron chi connectivity index (χ4n) is 2.17. The zero-order valence-electron chi connectivity index (χ0n) is 14.5. The van der Waals surface area contributed by atoms with Crippen molar-refractivity contribution in [2.75, 3.05) is 0 Å². The zero-order valence-corrected chi connectivity index (χ0v) is 14.5. The molecule has 1 aromatic heterocycles. The van der Waals surface area contributed by atoms with E-state index in [9.17, 15) is 31.6 Å². The second-order valence-corrected chi connectivity index (χ2v) is 5.40. The fraction of sp³-hybridized carbons (Fsp3) is 0.111. The molecule has 0 unspecified atom stereocenters. The Kier molecular flexibility index (Phi) is 6.06.